The summed E-state index contributed by atoms with van der Waals surface area (Å²) in [6, 6.07) is 8.79. The van der Waals surface area contributed by atoms with Crippen LogP contribution in [0.3, 0.4) is 0 Å². The number of rotatable bonds is 2. The van der Waals surface area contributed by atoms with Gasteiger partial charge in [0.15, 0.2) is 0 Å². The number of para-hydroxylation sites is 1. The van der Waals surface area contributed by atoms with Gasteiger partial charge in [-0.05, 0) is 51.1 Å². The van der Waals surface area contributed by atoms with Gasteiger partial charge in [-0.2, -0.15) is 0 Å². The summed E-state index contributed by atoms with van der Waals surface area (Å²) in [5.41, 5.74) is 1.17. The molecular formula is C21H30N2O2. The summed E-state index contributed by atoms with van der Waals surface area (Å²) in [4.78, 5) is 17.0. The minimum Gasteiger partial charge on any atom is -0.486 e. The average molecular weight is 342 g/mol. The van der Waals surface area contributed by atoms with Crippen molar-refractivity contribution in [2.75, 3.05) is 20.6 Å². The van der Waals surface area contributed by atoms with Crippen LogP contribution in [0.2, 0.25) is 0 Å². The minimum atomic E-state index is -0.103. The van der Waals surface area contributed by atoms with Crippen LogP contribution in [0.1, 0.15) is 44.6 Å². The molecule has 1 amide bonds. The number of nitrogens with zero attached hydrogens (tertiary/aromatic N) is 2. The summed E-state index contributed by atoms with van der Waals surface area (Å²) in [6.07, 6.45) is 5.20. The van der Waals surface area contributed by atoms with E-state index in [1.54, 1.807) is 0 Å². The zero-order valence-electron chi connectivity index (χ0n) is 15.7. The van der Waals surface area contributed by atoms with Crippen LogP contribution in [0.25, 0.3) is 0 Å². The fourth-order valence-corrected chi connectivity index (χ4v) is 4.72. The summed E-state index contributed by atoms with van der Waals surface area (Å²) in [7, 11) is 4.19. The van der Waals surface area contributed by atoms with E-state index in [2.05, 4.69) is 43.1 Å². The smallest absolute Gasteiger partial charge is 0.225 e. The molecule has 0 aromatic heterocycles. The highest BCUT2D eigenvalue weighted by Crippen LogP contribution is 2.42. The number of hydrogen-bond donors (Lipinski definition) is 0. The molecule has 136 valence electrons. The Kier molecular flexibility index (Phi) is 4.27. The zero-order chi connectivity index (χ0) is 17.6. The molecule has 4 nitrogen and oxygen atoms in total. The molecule has 0 bridgehead atoms. The van der Waals surface area contributed by atoms with Crippen molar-refractivity contribution in [3.63, 3.8) is 0 Å². The first kappa shape index (κ1) is 16.9. The molecule has 1 aromatic carbocycles. The monoisotopic (exact) mass is 342 g/mol. The largest absolute Gasteiger partial charge is 0.486 e. The van der Waals surface area contributed by atoms with Crippen molar-refractivity contribution in [2.24, 2.45) is 11.8 Å². The summed E-state index contributed by atoms with van der Waals surface area (Å²) in [6.45, 7) is 4.09. The Bertz CT molecular complexity index is 651. The number of ether oxygens (including phenoxy) is 1. The molecule has 25 heavy (non-hydrogen) atoms. The standard InChI is InChI=1S/C21H30N2O2/c1-15-12-18(15)20(24)23(3)17-8-10-21(11-9-17)14-22(2)13-16-6-4-5-7-19(16)25-21/h4-7,15,17-18H,8-14H2,1-3H3/t15-,17?,18+,21?/m1/s1. The molecule has 4 rings (SSSR count). The molecule has 2 atom stereocenters. The molecule has 1 aliphatic heterocycles. The first-order valence-electron chi connectivity index (χ1n) is 9.69. The highest BCUT2D eigenvalue weighted by Gasteiger charge is 2.45. The molecule has 2 aliphatic carbocycles. The predicted molar refractivity (Wildman–Crippen MR) is 98.4 cm³/mol. The fraction of sp³-hybridized carbons (Fsp3) is 0.667. The van der Waals surface area contributed by atoms with Crippen molar-refractivity contribution >= 4 is 5.91 Å². The molecule has 3 aliphatic rings. The van der Waals surface area contributed by atoms with E-state index in [-0.39, 0.29) is 11.5 Å². The van der Waals surface area contributed by atoms with Gasteiger partial charge in [-0.3, -0.25) is 9.69 Å². The molecule has 4 heteroatoms. The molecule has 1 heterocycles. The topological polar surface area (TPSA) is 32.8 Å². The van der Waals surface area contributed by atoms with Crippen molar-refractivity contribution in [3.05, 3.63) is 29.8 Å². The van der Waals surface area contributed by atoms with Crippen molar-refractivity contribution < 1.29 is 9.53 Å². The van der Waals surface area contributed by atoms with Crippen LogP contribution in [0.5, 0.6) is 5.75 Å². The lowest BCUT2D eigenvalue weighted by Crippen LogP contribution is -2.51. The SMILES string of the molecule is C[C@@H]1C[C@@H]1C(=O)N(C)C1CCC2(CC1)CN(C)Cc1ccccc1O2. The Hall–Kier alpha value is -1.55. The van der Waals surface area contributed by atoms with Crippen LogP contribution < -0.4 is 4.74 Å². The number of benzene rings is 1. The number of fused-ring (bicyclic) bond motifs is 1. The van der Waals surface area contributed by atoms with Gasteiger partial charge >= 0.3 is 0 Å². The van der Waals surface area contributed by atoms with Gasteiger partial charge in [-0.1, -0.05) is 25.1 Å². The van der Waals surface area contributed by atoms with Gasteiger partial charge in [0.25, 0.3) is 0 Å². The number of carbonyl (C=O) groups excluding carboxylic acids is 1. The maximum atomic E-state index is 12.5. The van der Waals surface area contributed by atoms with Crippen LogP contribution in [0.4, 0.5) is 0 Å². The molecule has 0 unspecified atom stereocenters. The van der Waals surface area contributed by atoms with Crippen molar-refractivity contribution in [2.45, 2.75) is 57.2 Å². The third-order valence-corrected chi connectivity index (χ3v) is 6.49. The van der Waals surface area contributed by atoms with E-state index in [1.807, 2.05) is 11.9 Å². The second-order valence-electron chi connectivity index (χ2n) is 8.56. The zero-order valence-corrected chi connectivity index (χ0v) is 15.7. The summed E-state index contributed by atoms with van der Waals surface area (Å²) in [5, 5.41) is 0. The minimum absolute atomic E-state index is 0.103. The molecule has 2 fully saturated rings. The highest BCUT2D eigenvalue weighted by molar-refractivity contribution is 5.81. The van der Waals surface area contributed by atoms with E-state index in [0.29, 0.717) is 17.9 Å². The van der Waals surface area contributed by atoms with Gasteiger partial charge in [0.1, 0.15) is 11.4 Å². The van der Waals surface area contributed by atoms with Gasteiger partial charge in [0, 0.05) is 37.7 Å². The first-order chi connectivity index (χ1) is 12.0. The van der Waals surface area contributed by atoms with Gasteiger partial charge in [0.2, 0.25) is 5.91 Å². The molecule has 2 saturated carbocycles. The molecule has 1 spiro atoms. The van der Waals surface area contributed by atoms with E-state index in [1.165, 1.54) is 5.56 Å². The summed E-state index contributed by atoms with van der Waals surface area (Å²) in [5.74, 6) is 2.27. The van der Waals surface area contributed by atoms with E-state index in [4.69, 9.17) is 4.74 Å². The number of amides is 1. The lowest BCUT2D eigenvalue weighted by atomic mass is 9.81. The van der Waals surface area contributed by atoms with Crippen LogP contribution in [0.15, 0.2) is 24.3 Å². The van der Waals surface area contributed by atoms with E-state index in [0.717, 1.165) is 50.9 Å². The predicted octanol–water partition coefficient (Wildman–Crippen LogP) is 3.31. The second kappa shape index (κ2) is 6.31. The Balaban J connectivity index is 1.44. The number of likely N-dealkylation sites (N-methyl/N-ethyl adjacent to an activating group) is 1. The first-order valence-corrected chi connectivity index (χ1v) is 9.69. The molecule has 1 aromatic rings. The van der Waals surface area contributed by atoms with Gasteiger partial charge in [-0.25, -0.2) is 0 Å². The lowest BCUT2D eigenvalue weighted by molar-refractivity contribution is -0.135. The lowest BCUT2D eigenvalue weighted by Gasteiger charge is -2.43. The molecule has 0 N–H and O–H groups in total. The van der Waals surface area contributed by atoms with Crippen molar-refractivity contribution in [3.8, 4) is 5.75 Å². The summed E-state index contributed by atoms with van der Waals surface area (Å²) < 4.78 is 6.58. The number of hydrogen-bond acceptors (Lipinski definition) is 3. The Labute approximate surface area is 151 Å². The molecular weight excluding hydrogens is 312 g/mol. The van der Waals surface area contributed by atoms with Gasteiger partial charge in [0.05, 0.1) is 0 Å². The maximum Gasteiger partial charge on any atom is 0.225 e. The van der Waals surface area contributed by atoms with E-state index >= 15 is 0 Å². The van der Waals surface area contributed by atoms with Crippen LogP contribution in [-0.4, -0.2) is 48.0 Å². The normalized spacial score (nSPS) is 34.8. The van der Waals surface area contributed by atoms with Crippen LogP contribution in [0, 0.1) is 11.8 Å². The number of carbonyl (C=O) groups is 1. The summed E-state index contributed by atoms with van der Waals surface area (Å²) >= 11 is 0. The van der Waals surface area contributed by atoms with E-state index in [9.17, 15) is 4.79 Å². The fourth-order valence-electron chi connectivity index (χ4n) is 4.72. The maximum absolute atomic E-state index is 12.5. The Morgan fingerprint density at radius 3 is 2.64 bits per heavy atom. The van der Waals surface area contributed by atoms with E-state index < -0.39 is 0 Å². The highest BCUT2D eigenvalue weighted by atomic mass is 16.5. The van der Waals surface area contributed by atoms with Crippen molar-refractivity contribution in [1.82, 2.24) is 9.80 Å². The van der Waals surface area contributed by atoms with Gasteiger partial charge in [-0.15, -0.1) is 0 Å². The molecule has 0 saturated heterocycles. The van der Waals surface area contributed by atoms with Crippen LogP contribution in [-0.2, 0) is 11.3 Å². The third kappa shape index (κ3) is 3.29. The third-order valence-electron chi connectivity index (χ3n) is 6.49. The van der Waals surface area contributed by atoms with Crippen LogP contribution >= 0.6 is 0 Å². The van der Waals surface area contributed by atoms with Crippen molar-refractivity contribution in [1.29, 1.82) is 0 Å². The Morgan fingerprint density at radius 1 is 1.28 bits per heavy atom. The second-order valence-corrected chi connectivity index (χ2v) is 8.56. The Morgan fingerprint density at radius 2 is 1.96 bits per heavy atom. The quantitative estimate of drug-likeness (QED) is 0.827. The van der Waals surface area contributed by atoms with Gasteiger partial charge < -0.3 is 9.64 Å². The molecule has 0 radical (unpaired) electrons. The average Bonchev–Trinajstić information content (AvgIpc) is 3.34.